The molecule has 1 N–H and O–H groups in total. The average molecular weight is 256 g/mol. The van der Waals surface area contributed by atoms with E-state index < -0.39 is 0 Å². The highest BCUT2D eigenvalue weighted by Crippen LogP contribution is 2.20. The fourth-order valence-corrected chi connectivity index (χ4v) is 2.01. The highest BCUT2D eigenvalue weighted by molar-refractivity contribution is 7.99. The quantitative estimate of drug-likeness (QED) is 0.756. The molecule has 0 saturated carbocycles. The summed E-state index contributed by atoms with van der Waals surface area (Å²) in [7, 11) is 1.79. The van der Waals surface area contributed by atoms with Gasteiger partial charge in [-0.05, 0) is 12.8 Å². The first-order valence-electron chi connectivity index (χ1n) is 5.89. The predicted molar refractivity (Wildman–Crippen MR) is 70.7 cm³/mol. The Kier molecular flexibility index (Phi) is 6.04. The lowest BCUT2D eigenvalue weighted by Gasteiger charge is -2.08. The Hall–Kier alpha value is -1.04. The lowest BCUT2D eigenvalue weighted by molar-refractivity contribution is 0.308. The Morgan fingerprint density at radius 2 is 2.06 bits per heavy atom. The maximum atomic E-state index is 5.31. The molecule has 17 heavy (non-hydrogen) atoms. The molecule has 6 heteroatoms. The Balaban J connectivity index is 2.72. The second-order valence-electron chi connectivity index (χ2n) is 3.73. The van der Waals surface area contributed by atoms with E-state index in [9.17, 15) is 0 Å². The van der Waals surface area contributed by atoms with Gasteiger partial charge in [-0.15, -0.1) is 0 Å². The maximum Gasteiger partial charge on any atom is 0.322 e. The van der Waals surface area contributed by atoms with Crippen molar-refractivity contribution in [3.05, 3.63) is 0 Å². The standard InChI is InChI=1S/C11H20N4OS/c1-5-8(3)7-17-11-14-9(12-4)13-10(15-11)16-6-2/h8H,5-7H2,1-4H3,(H,12,13,14,15). The van der Waals surface area contributed by atoms with E-state index in [4.69, 9.17) is 4.74 Å². The van der Waals surface area contributed by atoms with E-state index in [2.05, 4.69) is 34.1 Å². The van der Waals surface area contributed by atoms with Crippen LogP contribution in [0.3, 0.4) is 0 Å². The summed E-state index contributed by atoms with van der Waals surface area (Å²) in [6.07, 6.45) is 1.16. The van der Waals surface area contributed by atoms with Gasteiger partial charge in [0.2, 0.25) is 5.95 Å². The smallest absolute Gasteiger partial charge is 0.322 e. The Bertz CT molecular complexity index is 348. The van der Waals surface area contributed by atoms with Crippen molar-refractivity contribution in [3.8, 4) is 6.01 Å². The van der Waals surface area contributed by atoms with Crippen LogP contribution in [0.4, 0.5) is 5.95 Å². The molecule has 5 nitrogen and oxygen atoms in total. The van der Waals surface area contributed by atoms with Crippen molar-refractivity contribution in [2.45, 2.75) is 32.3 Å². The van der Waals surface area contributed by atoms with Crippen LogP contribution >= 0.6 is 11.8 Å². The summed E-state index contributed by atoms with van der Waals surface area (Å²) in [5.74, 6) is 2.22. The fourth-order valence-electron chi connectivity index (χ4n) is 1.04. The van der Waals surface area contributed by atoms with E-state index in [-0.39, 0.29) is 0 Å². The molecule has 1 aromatic rings. The minimum absolute atomic E-state index is 0.388. The van der Waals surface area contributed by atoms with Gasteiger partial charge in [0.25, 0.3) is 0 Å². The van der Waals surface area contributed by atoms with Crippen LogP contribution in [0.2, 0.25) is 0 Å². The first-order chi connectivity index (χ1) is 8.19. The van der Waals surface area contributed by atoms with E-state index in [0.717, 1.165) is 12.2 Å². The van der Waals surface area contributed by atoms with Crippen molar-refractivity contribution >= 4 is 17.7 Å². The van der Waals surface area contributed by atoms with E-state index in [1.807, 2.05) is 6.92 Å². The molecule has 0 aromatic carbocycles. The van der Waals surface area contributed by atoms with E-state index in [1.54, 1.807) is 18.8 Å². The normalized spacial score (nSPS) is 12.2. The summed E-state index contributed by atoms with van der Waals surface area (Å²) in [5.41, 5.74) is 0. The molecule has 1 unspecified atom stereocenters. The van der Waals surface area contributed by atoms with E-state index in [1.165, 1.54) is 0 Å². The molecule has 1 atom stereocenters. The maximum absolute atomic E-state index is 5.31. The van der Waals surface area contributed by atoms with Gasteiger partial charge in [-0.2, -0.15) is 15.0 Å². The summed E-state index contributed by atoms with van der Waals surface area (Å²) in [5, 5.41) is 3.63. The number of thioether (sulfide) groups is 1. The van der Waals surface area contributed by atoms with Gasteiger partial charge in [-0.25, -0.2) is 0 Å². The van der Waals surface area contributed by atoms with Crippen LogP contribution < -0.4 is 10.1 Å². The summed E-state index contributed by atoms with van der Waals surface area (Å²) < 4.78 is 5.31. The van der Waals surface area contributed by atoms with E-state index >= 15 is 0 Å². The Labute approximate surface area is 107 Å². The van der Waals surface area contributed by atoms with Crippen LogP contribution in [0, 0.1) is 5.92 Å². The van der Waals surface area contributed by atoms with Crippen LogP contribution in [0.25, 0.3) is 0 Å². The molecular weight excluding hydrogens is 236 g/mol. The van der Waals surface area contributed by atoms with Crippen molar-refractivity contribution in [2.24, 2.45) is 5.92 Å². The summed E-state index contributed by atoms with van der Waals surface area (Å²) >= 11 is 1.64. The molecule has 1 rings (SSSR count). The van der Waals surface area contributed by atoms with Gasteiger partial charge >= 0.3 is 6.01 Å². The molecule has 1 aromatic heterocycles. The molecule has 0 bridgehead atoms. The number of hydrogen-bond donors (Lipinski definition) is 1. The summed E-state index contributed by atoms with van der Waals surface area (Å²) in [6.45, 7) is 6.87. The molecule has 0 aliphatic carbocycles. The molecule has 0 saturated heterocycles. The number of nitrogens with zero attached hydrogens (tertiary/aromatic N) is 3. The zero-order valence-corrected chi connectivity index (χ0v) is 11.7. The fraction of sp³-hybridized carbons (Fsp3) is 0.727. The third kappa shape index (κ3) is 4.77. The molecule has 1 heterocycles. The minimum atomic E-state index is 0.388. The van der Waals surface area contributed by atoms with Crippen LogP contribution in [0.1, 0.15) is 27.2 Å². The zero-order chi connectivity index (χ0) is 12.7. The van der Waals surface area contributed by atoms with Gasteiger partial charge in [0, 0.05) is 12.8 Å². The van der Waals surface area contributed by atoms with Gasteiger partial charge in [-0.3, -0.25) is 0 Å². The van der Waals surface area contributed by atoms with Crippen molar-refractivity contribution in [1.29, 1.82) is 0 Å². The van der Waals surface area contributed by atoms with Gasteiger partial charge in [0.1, 0.15) is 0 Å². The minimum Gasteiger partial charge on any atom is -0.464 e. The van der Waals surface area contributed by atoms with Crippen LogP contribution in [-0.2, 0) is 0 Å². The van der Waals surface area contributed by atoms with E-state index in [0.29, 0.717) is 29.6 Å². The largest absolute Gasteiger partial charge is 0.464 e. The topological polar surface area (TPSA) is 59.9 Å². The molecule has 0 radical (unpaired) electrons. The molecule has 0 fully saturated rings. The predicted octanol–water partition coefficient (Wildman–Crippen LogP) is 2.45. The third-order valence-electron chi connectivity index (χ3n) is 2.29. The molecule has 0 aliphatic rings. The van der Waals surface area contributed by atoms with Gasteiger partial charge in [-0.1, -0.05) is 32.0 Å². The molecule has 0 amide bonds. The zero-order valence-electron chi connectivity index (χ0n) is 10.9. The number of rotatable bonds is 7. The second kappa shape index (κ2) is 7.32. The van der Waals surface area contributed by atoms with Crippen molar-refractivity contribution in [3.63, 3.8) is 0 Å². The number of hydrogen-bond acceptors (Lipinski definition) is 6. The summed E-state index contributed by atoms with van der Waals surface area (Å²) in [6, 6.07) is 0.388. The SMILES string of the molecule is CCOc1nc(NC)nc(SCC(C)CC)n1. The number of ether oxygens (including phenoxy) is 1. The number of aromatic nitrogens is 3. The first-order valence-corrected chi connectivity index (χ1v) is 6.87. The van der Waals surface area contributed by atoms with Gasteiger partial charge in [0.15, 0.2) is 5.16 Å². The Morgan fingerprint density at radius 3 is 2.65 bits per heavy atom. The average Bonchev–Trinajstić information content (AvgIpc) is 2.36. The molecule has 0 aliphatic heterocycles. The Morgan fingerprint density at radius 1 is 1.29 bits per heavy atom. The van der Waals surface area contributed by atoms with Crippen molar-refractivity contribution < 1.29 is 4.74 Å². The lowest BCUT2D eigenvalue weighted by atomic mass is 10.2. The first kappa shape index (κ1) is 14.0. The second-order valence-corrected chi connectivity index (χ2v) is 4.72. The van der Waals surface area contributed by atoms with Crippen LogP contribution in [0.15, 0.2) is 5.16 Å². The molecule has 0 spiro atoms. The third-order valence-corrected chi connectivity index (χ3v) is 3.46. The number of nitrogens with one attached hydrogen (secondary N) is 1. The van der Waals surface area contributed by atoms with Gasteiger partial charge < -0.3 is 10.1 Å². The van der Waals surface area contributed by atoms with Crippen molar-refractivity contribution in [1.82, 2.24) is 15.0 Å². The van der Waals surface area contributed by atoms with Crippen LogP contribution in [0.5, 0.6) is 6.01 Å². The summed E-state index contributed by atoms with van der Waals surface area (Å²) in [4.78, 5) is 12.7. The lowest BCUT2D eigenvalue weighted by Crippen LogP contribution is -2.05. The monoisotopic (exact) mass is 256 g/mol. The molecular formula is C11H20N4OS. The molecule has 96 valence electrons. The number of anilines is 1. The highest BCUT2D eigenvalue weighted by atomic mass is 32.2. The van der Waals surface area contributed by atoms with Gasteiger partial charge in [0.05, 0.1) is 6.61 Å². The van der Waals surface area contributed by atoms with Crippen LogP contribution in [-0.4, -0.2) is 34.4 Å². The van der Waals surface area contributed by atoms with Crippen molar-refractivity contribution in [2.75, 3.05) is 24.7 Å². The highest BCUT2D eigenvalue weighted by Gasteiger charge is 2.08.